The second-order valence-corrected chi connectivity index (χ2v) is 5.46. The van der Waals surface area contributed by atoms with E-state index in [4.69, 9.17) is 11.5 Å². The van der Waals surface area contributed by atoms with Crippen molar-refractivity contribution < 1.29 is 4.79 Å². The average Bonchev–Trinajstić information content (AvgIpc) is 2.56. The van der Waals surface area contributed by atoms with Crippen molar-refractivity contribution in [3.63, 3.8) is 0 Å². The molecule has 8 heteroatoms. The highest BCUT2D eigenvalue weighted by atomic mass is 32.2. The molecule has 0 aliphatic heterocycles. The number of carbonyl (C=O) groups excluding carboxylic acids is 1. The normalized spacial score (nSPS) is 10.9. The Hall–Kier alpha value is -1.54. The van der Waals surface area contributed by atoms with Crippen molar-refractivity contribution >= 4 is 45.2 Å². The number of nitrogen functional groups attached to an aromatic ring is 1. The second-order valence-electron chi connectivity index (χ2n) is 3.19. The van der Waals surface area contributed by atoms with E-state index in [1.54, 1.807) is 0 Å². The van der Waals surface area contributed by atoms with Crippen molar-refractivity contribution in [2.45, 2.75) is 11.9 Å². The first-order valence-corrected chi connectivity index (χ1v) is 6.59. The summed E-state index contributed by atoms with van der Waals surface area (Å²) in [5, 5.41) is 0.956. The fourth-order valence-electron chi connectivity index (χ4n) is 1.51. The quantitative estimate of drug-likeness (QED) is 0.713. The molecule has 2 heterocycles. The number of thioether (sulfide) groups is 1. The predicted octanol–water partition coefficient (Wildman–Crippen LogP) is 0.778. The highest BCUT2D eigenvalue weighted by Gasteiger charge is 2.20. The molecule has 17 heavy (non-hydrogen) atoms. The van der Waals surface area contributed by atoms with Gasteiger partial charge >= 0.3 is 0 Å². The standard InChI is InChI=1S/C9H10N4O2S2/c1-2-16-7-3(5(10)14)4-6(12-7)13-9(11)17-8(4)15/h12H,2H2,1H3,(H2,10,14)(H2,11,13). The minimum absolute atomic E-state index is 0.160. The van der Waals surface area contributed by atoms with E-state index in [0.717, 1.165) is 17.1 Å². The lowest BCUT2D eigenvalue weighted by atomic mass is 10.2. The summed E-state index contributed by atoms with van der Waals surface area (Å²) in [6.45, 7) is 1.93. The fraction of sp³-hybridized carbons (Fsp3) is 0.222. The molecule has 1 amide bonds. The van der Waals surface area contributed by atoms with E-state index in [1.165, 1.54) is 11.8 Å². The average molecular weight is 270 g/mol. The third kappa shape index (κ3) is 2.01. The highest BCUT2D eigenvalue weighted by molar-refractivity contribution is 7.99. The molecule has 0 aliphatic carbocycles. The SMILES string of the molecule is CCSc1[nH]c2nc(N)sc(=O)c2c1C(N)=O. The number of H-pyrrole nitrogens is 1. The summed E-state index contributed by atoms with van der Waals surface area (Å²) in [6.07, 6.45) is 0. The number of primary amides is 1. The fourth-order valence-corrected chi connectivity index (χ4v) is 2.95. The Kier molecular flexibility index (Phi) is 3.07. The van der Waals surface area contributed by atoms with Crippen LogP contribution in [0, 0.1) is 0 Å². The van der Waals surface area contributed by atoms with Gasteiger partial charge in [-0.15, -0.1) is 11.8 Å². The number of nitrogens with zero attached hydrogens (tertiary/aromatic N) is 1. The Morgan fingerprint density at radius 2 is 2.29 bits per heavy atom. The number of fused-ring (bicyclic) bond motifs is 1. The topological polar surface area (TPSA) is 115 Å². The van der Waals surface area contributed by atoms with Crippen LogP contribution in [0.4, 0.5) is 5.13 Å². The van der Waals surface area contributed by atoms with Crippen LogP contribution in [0.1, 0.15) is 17.3 Å². The lowest BCUT2D eigenvalue weighted by Gasteiger charge is -1.96. The molecular weight excluding hydrogens is 260 g/mol. The summed E-state index contributed by atoms with van der Waals surface area (Å²) >= 11 is 2.20. The Morgan fingerprint density at radius 3 is 2.88 bits per heavy atom. The molecule has 0 fully saturated rings. The van der Waals surface area contributed by atoms with E-state index < -0.39 is 5.91 Å². The van der Waals surface area contributed by atoms with Crippen molar-refractivity contribution in [3.8, 4) is 0 Å². The Balaban J connectivity index is 2.85. The summed E-state index contributed by atoms with van der Waals surface area (Å²) in [7, 11) is 0. The minimum Gasteiger partial charge on any atom is -0.375 e. The number of nitrogens with two attached hydrogens (primary N) is 2. The van der Waals surface area contributed by atoms with Crippen LogP contribution in [0.25, 0.3) is 11.0 Å². The van der Waals surface area contributed by atoms with E-state index in [-0.39, 0.29) is 20.8 Å². The van der Waals surface area contributed by atoms with Crippen LogP contribution in [0.5, 0.6) is 0 Å². The number of anilines is 1. The van der Waals surface area contributed by atoms with Gasteiger partial charge in [0, 0.05) is 0 Å². The van der Waals surface area contributed by atoms with Crippen LogP contribution < -0.4 is 16.2 Å². The van der Waals surface area contributed by atoms with Gasteiger partial charge in [-0.05, 0) is 5.75 Å². The number of rotatable bonds is 3. The lowest BCUT2D eigenvalue weighted by Crippen LogP contribution is -2.14. The molecule has 0 unspecified atom stereocenters. The molecule has 0 saturated heterocycles. The zero-order valence-electron chi connectivity index (χ0n) is 8.94. The number of aromatic nitrogens is 2. The first kappa shape index (κ1) is 11.9. The van der Waals surface area contributed by atoms with Crippen LogP contribution in [-0.4, -0.2) is 21.6 Å². The van der Waals surface area contributed by atoms with E-state index >= 15 is 0 Å². The third-order valence-electron chi connectivity index (χ3n) is 2.10. The molecule has 2 aromatic heterocycles. The maximum absolute atomic E-state index is 11.8. The molecule has 2 rings (SSSR count). The van der Waals surface area contributed by atoms with Crippen LogP contribution in [0.15, 0.2) is 9.82 Å². The molecule has 0 spiro atoms. The van der Waals surface area contributed by atoms with Crippen LogP contribution in [0.2, 0.25) is 0 Å². The molecule has 0 atom stereocenters. The number of hydrogen-bond acceptors (Lipinski definition) is 6. The van der Waals surface area contributed by atoms with Gasteiger partial charge in [-0.25, -0.2) is 4.98 Å². The maximum atomic E-state index is 11.8. The first-order chi connectivity index (χ1) is 8.04. The molecule has 0 aliphatic rings. The Morgan fingerprint density at radius 1 is 1.59 bits per heavy atom. The van der Waals surface area contributed by atoms with Crippen LogP contribution >= 0.6 is 23.1 Å². The number of amides is 1. The number of nitrogens with one attached hydrogen (secondary N) is 1. The maximum Gasteiger partial charge on any atom is 0.252 e. The smallest absolute Gasteiger partial charge is 0.252 e. The van der Waals surface area contributed by atoms with E-state index in [2.05, 4.69) is 9.97 Å². The van der Waals surface area contributed by atoms with Crippen molar-refractivity contribution in [1.82, 2.24) is 9.97 Å². The van der Waals surface area contributed by atoms with E-state index in [0.29, 0.717) is 10.7 Å². The lowest BCUT2D eigenvalue weighted by molar-refractivity contribution is 0.0999. The second kappa shape index (κ2) is 4.38. The van der Waals surface area contributed by atoms with Gasteiger partial charge in [-0.1, -0.05) is 18.3 Å². The van der Waals surface area contributed by atoms with Gasteiger partial charge in [-0.2, -0.15) is 0 Å². The van der Waals surface area contributed by atoms with Gasteiger partial charge < -0.3 is 16.5 Å². The van der Waals surface area contributed by atoms with Crippen molar-refractivity contribution in [2.24, 2.45) is 5.73 Å². The van der Waals surface area contributed by atoms with Crippen molar-refractivity contribution in [3.05, 3.63) is 15.1 Å². The molecule has 0 saturated carbocycles. The summed E-state index contributed by atoms with van der Waals surface area (Å²) in [4.78, 5) is 30.1. The molecule has 0 aromatic carbocycles. The van der Waals surface area contributed by atoms with Crippen molar-refractivity contribution in [1.29, 1.82) is 0 Å². The molecule has 90 valence electrons. The Bertz CT molecular complexity index is 646. The van der Waals surface area contributed by atoms with Gasteiger partial charge in [0.15, 0.2) is 5.13 Å². The van der Waals surface area contributed by atoms with E-state index in [1.807, 2.05) is 6.92 Å². The number of carbonyl (C=O) groups is 1. The summed E-state index contributed by atoms with van der Waals surface area (Å²) in [5.41, 5.74) is 11.3. The molecule has 6 nitrogen and oxygen atoms in total. The number of hydrogen-bond donors (Lipinski definition) is 3. The monoisotopic (exact) mass is 270 g/mol. The van der Waals surface area contributed by atoms with Gasteiger partial charge in [-0.3, -0.25) is 9.59 Å². The third-order valence-corrected chi connectivity index (χ3v) is 3.68. The molecular formula is C9H10N4O2S2. The zero-order valence-corrected chi connectivity index (χ0v) is 10.6. The summed E-state index contributed by atoms with van der Waals surface area (Å²) < 4.78 is -0.305. The largest absolute Gasteiger partial charge is 0.375 e. The van der Waals surface area contributed by atoms with Gasteiger partial charge in [0.25, 0.3) is 5.91 Å². The highest BCUT2D eigenvalue weighted by Crippen LogP contribution is 2.27. The van der Waals surface area contributed by atoms with E-state index in [9.17, 15) is 9.59 Å². The van der Waals surface area contributed by atoms with Crippen molar-refractivity contribution in [2.75, 3.05) is 11.5 Å². The molecule has 2 aromatic rings. The summed E-state index contributed by atoms with van der Waals surface area (Å²) in [6, 6.07) is 0. The van der Waals surface area contributed by atoms with Crippen LogP contribution in [0.3, 0.4) is 0 Å². The van der Waals surface area contributed by atoms with Gasteiger partial charge in [0.05, 0.1) is 16.0 Å². The predicted molar refractivity (Wildman–Crippen MR) is 69.6 cm³/mol. The van der Waals surface area contributed by atoms with Gasteiger partial charge in [0.1, 0.15) is 5.65 Å². The summed E-state index contributed by atoms with van der Waals surface area (Å²) in [5.74, 6) is 0.114. The molecule has 5 N–H and O–H groups in total. The minimum atomic E-state index is -0.636. The first-order valence-electron chi connectivity index (χ1n) is 4.79. The molecule has 0 radical (unpaired) electrons. The zero-order chi connectivity index (χ0) is 12.6. The molecule has 0 bridgehead atoms. The van der Waals surface area contributed by atoms with Gasteiger partial charge in [0.2, 0.25) is 4.74 Å². The van der Waals surface area contributed by atoms with Crippen LogP contribution in [-0.2, 0) is 0 Å². The number of aromatic amines is 1. The Labute approximate surface area is 104 Å².